The number of ether oxygens (including phenoxy) is 1. The third-order valence-electron chi connectivity index (χ3n) is 2.55. The fourth-order valence-electron chi connectivity index (χ4n) is 1.67. The number of hydrogen-bond acceptors (Lipinski definition) is 4. The molecular formula is C12H15BrN2O2. The predicted molar refractivity (Wildman–Crippen MR) is 70.5 cm³/mol. The molecule has 0 saturated heterocycles. The molecule has 0 fully saturated rings. The van der Waals surface area contributed by atoms with E-state index in [9.17, 15) is 0 Å². The molecule has 4 nitrogen and oxygen atoms in total. The molecule has 2 aromatic rings. The highest BCUT2D eigenvalue weighted by atomic mass is 79.9. The van der Waals surface area contributed by atoms with Crippen LogP contribution in [0.5, 0.6) is 0 Å². The van der Waals surface area contributed by atoms with Gasteiger partial charge in [0.25, 0.3) is 0 Å². The molecule has 1 aromatic carbocycles. The Morgan fingerprint density at radius 2 is 2.35 bits per heavy atom. The molecule has 92 valence electrons. The van der Waals surface area contributed by atoms with Crippen molar-refractivity contribution in [2.24, 2.45) is 5.84 Å². The van der Waals surface area contributed by atoms with Crippen LogP contribution in [0.1, 0.15) is 18.7 Å². The summed E-state index contributed by atoms with van der Waals surface area (Å²) in [6.07, 6.45) is 0. The summed E-state index contributed by atoms with van der Waals surface area (Å²) in [6.45, 7) is 3.09. The molecule has 1 heterocycles. The number of hydrogen-bond donors (Lipinski definition) is 2. The Kier molecular flexibility index (Phi) is 4.17. The second kappa shape index (κ2) is 5.64. The minimum Gasteiger partial charge on any atom is -0.458 e. The topological polar surface area (TPSA) is 60.4 Å². The standard InChI is InChI=1S/C12H15BrN2O2/c1-2-16-7-10(15-14)11-6-8-4-3-5-9(13)12(8)17-11/h3-6,10,15H,2,7,14H2,1H3. The number of para-hydroxylation sites is 1. The fourth-order valence-corrected chi connectivity index (χ4v) is 2.13. The number of halogens is 1. The lowest BCUT2D eigenvalue weighted by Crippen LogP contribution is -2.31. The van der Waals surface area contributed by atoms with Crippen molar-refractivity contribution < 1.29 is 9.15 Å². The summed E-state index contributed by atoms with van der Waals surface area (Å²) in [5.41, 5.74) is 3.53. The van der Waals surface area contributed by atoms with E-state index in [-0.39, 0.29) is 6.04 Å². The van der Waals surface area contributed by atoms with E-state index >= 15 is 0 Å². The molecule has 0 aliphatic heterocycles. The fraction of sp³-hybridized carbons (Fsp3) is 0.333. The van der Waals surface area contributed by atoms with Gasteiger partial charge in [0.1, 0.15) is 17.4 Å². The molecule has 0 amide bonds. The number of nitrogens with one attached hydrogen (secondary N) is 1. The van der Waals surface area contributed by atoms with Gasteiger partial charge in [0.05, 0.1) is 11.1 Å². The summed E-state index contributed by atoms with van der Waals surface area (Å²) in [5, 5.41) is 1.05. The van der Waals surface area contributed by atoms with E-state index in [4.69, 9.17) is 15.0 Å². The lowest BCUT2D eigenvalue weighted by molar-refractivity contribution is 0.117. The highest BCUT2D eigenvalue weighted by Gasteiger charge is 2.15. The van der Waals surface area contributed by atoms with Crippen LogP contribution in [0.15, 0.2) is 33.2 Å². The molecule has 0 aliphatic carbocycles. The third-order valence-corrected chi connectivity index (χ3v) is 3.17. The van der Waals surface area contributed by atoms with E-state index in [0.717, 1.165) is 21.2 Å². The normalized spacial score (nSPS) is 13.1. The first kappa shape index (κ1) is 12.6. The average molecular weight is 299 g/mol. The van der Waals surface area contributed by atoms with Crippen molar-refractivity contribution in [3.63, 3.8) is 0 Å². The maximum absolute atomic E-state index is 5.78. The number of fused-ring (bicyclic) bond motifs is 1. The first-order valence-electron chi connectivity index (χ1n) is 5.48. The lowest BCUT2D eigenvalue weighted by Gasteiger charge is -2.12. The summed E-state index contributed by atoms with van der Waals surface area (Å²) in [4.78, 5) is 0. The van der Waals surface area contributed by atoms with Gasteiger partial charge < -0.3 is 9.15 Å². The number of nitrogens with two attached hydrogens (primary N) is 1. The molecule has 2 rings (SSSR count). The number of benzene rings is 1. The van der Waals surface area contributed by atoms with Gasteiger partial charge in [-0.25, -0.2) is 5.43 Å². The van der Waals surface area contributed by atoms with Crippen LogP contribution in [0.4, 0.5) is 0 Å². The smallest absolute Gasteiger partial charge is 0.148 e. The van der Waals surface area contributed by atoms with Gasteiger partial charge in [0.2, 0.25) is 0 Å². The van der Waals surface area contributed by atoms with Crippen molar-refractivity contribution in [1.82, 2.24) is 5.43 Å². The van der Waals surface area contributed by atoms with Gasteiger partial charge in [-0.3, -0.25) is 5.84 Å². The maximum atomic E-state index is 5.78. The Hall–Kier alpha value is -0.880. The maximum Gasteiger partial charge on any atom is 0.148 e. The van der Waals surface area contributed by atoms with Crippen molar-refractivity contribution in [3.8, 4) is 0 Å². The Bertz CT molecular complexity index is 498. The van der Waals surface area contributed by atoms with Crippen LogP contribution < -0.4 is 11.3 Å². The highest BCUT2D eigenvalue weighted by molar-refractivity contribution is 9.10. The van der Waals surface area contributed by atoms with Crippen molar-refractivity contribution in [3.05, 3.63) is 34.5 Å². The van der Waals surface area contributed by atoms with Gasteiger partial charge in [-0.1, -0.05) is 12.1 Å². The molecule has 0 bridgehead atoms. The minimum absolute atomic E-state index is 0.130. The van der Waals surface area contributed by atoms with Crippen molar-refractivity contribution in [1.29, 1.82) is 0 Å². The van der Waals surface area contributed by atoms with E-state index in [1.807, 2.05) is 31.2 Å². The highest BCUT2D eigenvalue weighted by Crippen LogP contribution is 2.29. The zero-order valence-electron chi connectivity index (χ0n) is 9.57. The predicted octanol–water partition coefficient (Wildman–Crippen LogP) is 2.74. The van der Waals surface area contributed by atoms with Gasteiger partial charge in [-0.15, -0.1) is 0 Å². The second-order valence-corrected chi connectivity index (χ2v) is 4.54. The summed E-state index contributed by atoms with van der Waals surface area (Å²) >= 11 is 3.46. The SMILES string of the molecule is CCOCC(NN)c1cc2cccc(Br)c2o1. The van der Waals surface area contributed by atoms with E-state index in [0.29, 0.717) is 13.2 Å². The number of hydrazine groups is 1. The number of furan rings is 1. The van der Waals surface area contributed by atoms with E-state index < -0.39 is 0 Å². The van der Waals surface area contributed by atoms with Crippen LogP contribution in [-0.2, 0) is 4.74 Å². The second-order valence-electron chi connectivity index (χ2n) is 3.69. The molecule has 1 unspecified atom stereocenters. The molecule has 0 radical (unpaired) electrons. The number of rotatable bonds is 5. The Labute approximate surface area is 108 Å². The molecular weight excluding hydrogens is 284 g/mol. The monoisotopic (exact) mass is 298 g/mol. The first-order chi connectivity index (χ1) is 8.26. The molecule has 0 aliphatic rings. The van der Waals surface area contributed by atoms with Crippen LogP contribution in [0, 0.1) is 0 Å². The Morgan fingerprint density at radius 3 is 3.00 bits per heavy atom. The minimum atomic E-state index is -0.130. The van der Waals surface area contributed by atoms with E-state index in [1.165, 1.54) is 0 Å². The van der Waals surface area contributed by atoms with Gasteiger partial charge >= 0.3 is 0 Å². The summed E-state index contributed by atoms with van der Waals surface area (Å²) in [5.74, 6) is 6.28. The van der Waals surface area contributed by atoms with Gasteiger partial charge in [-0.05, 0) is 35.0 Å². The molecule has 5 heteroatoms. The summed E-state index contributed by atoms with van der Waals surface area (Å²) in [7, 11) is 0. The molecule has 1 aromatic heterocycles. The molecule has 0 spiro atoms. The van der Waals surface area contributed by atoms with Crippen molar-refractivity contribution in [2.75, 3.05) is 13.2 Å². The Morgan fingerprint density at radius 1 is 1.53 bits per heavy atom. The lowest BCUT2D eigenvalue weighted by atomic mass is 10.2. The summed E-state index contributed by atoms with van der Waals surface area (Å²) in [6, 6.07) is 7.77. The largest absolute Gasteiger partial charge is 0.458 e. The van der Waals surface area contributed by atoms with Gasteiger partial charge in [0.15, 0.2) is 0 Å². The quantitative estimate of drug-likeness (QED) is 0.658. The van der Waals surface area contributed by atoms with Crippen LogP contribution in [0.3, 0.4) is 0 Å². The zero-order valence-corrected chi connectivity index (χ0v) is 11.2. The van der Waals surface area contributed by atoms with E-state index in [2.05, 4.69) is 21.4 Å². The molecule has 0 saturated carbocycles. The van der Waals surface area contributed by atoms with Crippen LogP contribution in [-0.4, -0.2) is 13.2 Å². The molecule has 3 N–H and O–H groups in total. The molecule has 17 heavy (non-hydrogen) atoms. The van der Waals surface area contributed by atoms with E-state index in [1.54, 1.807) is 0 Å². The van der Waals surface area contributed by atoms with Crippen LogP contribution in [0.2, 0.25) is 0 Å². The van der Waals surface area contributed by atoms with Crippen LogP contribution in [0.25, 0.3) is 11.0 Å². The zero-order chi connectivity index (χ0) is 12.3. The summed E-state index contributed by atoms with van der Waals surface area (Å²) < 4.78 is 12.1. The van der Waals surface area contributed by atoms with Crippen molar-refractivity contribution in [2.45, 2.75) is 13.0 Å². The van der Waals surface area contributed by atoms with Gasteiger partial charge in [-0.2, -0.15) is 0 Å². The third kappa shape index (κ3) is 2.69. The Balaban J connectivity index is 2.31. The molecule has 1 atom stereocenters. The first-order valence-corrected chi connectivity index (χ1v) is 6.27. The van der Waals surface area contributed by atoms with Crippen molar-refractivity contribution >= 4 is 26.9 Å². The average Bonchev–Trinajstić information content (AvgIpc) is 2.75. The van der Waals surface area contributed by atoms with Crippen LogP contribution >= 0.6 is 15.9 Å². The van der Waals surface area contributed by atoms with Gasteiger partial charge in [0, 0.05) is 12.0 Å².